The predicted octanol–water partition coefficient (Wildman–Crippen LogP) is 2.63. The molecular formula is C17H23N3O. The monoisotopic (exact) mass is 285 g/mol. The summed E-state index contributed by atoms with van der Waals surface area (Å²) in [7, 11) is 0. The Morgan fingerprint density at radius 2 is 2.24 bits per heavy atom. The minimum absolute atomic E-state index is 0.216. The molecule has 4 nitrogen and oxygen atoms in total. The van der Waals surface area contributed by atoms with Crippen molar-refractivity contribution in [3.8, 4) is 5.75 Å². The molecule has 1 aromatic heterocycles. The molecule has 0 saturated heterocycles. The van der Waals surface area contributed by atoms with Gasteiger partial charge in [-0.15, -0.1) is 0 Å². The summed E-state index contributed by atoms with van der Waals surface area (Å²) in [5.41, 5.74) is 2.40. The first-order valence-electron chi connectivity index (χ1n) is 7.66. The maximum absolute atomic E-state index is 5.97. The van der Waals surface area contributed by atoms with Crippen molar-refractivity contribution in [2.45, 2.75) is 39.5 Å². The van der Waals surface area contributed by atoms with Crippen molar-refractivity contribution in [3.05, 3.63) is 48.0 Å². The van der Waals surface area contributed by atoms with E-state index < -0.39 is 0 Å². The topological polar surface area (TPSA) is 39.1 Å². The summed E-state index contributed by atoms with van der Waals surface area (Å²) in [5.74, 6) is 1.69. The Balaban J connectivity index is 1.52. The van der Waals surface area contributed by atoms with Crippen LogP contribution in [0.5, 0.6) is 5.75 Å². The van der Waals surface area contributed by atoms with Gasteiger partial charge in [-0.05, 0) is 24.1 Å². The normalized spacial score (nSPS) is 17.0. The lowest BCUT2D eigenvalue weighted by atomic mass is 10.1. The first kappa shape index (κ1) is 14.1. The second-order valence-corrected chi connectivity index (χ2v) is 6.14. The zero-order valence-corrected chi connectivity index (χ0v) is 12.7. The largest absolute Gasteiger partial charge is 0.488 e. The Bertz CT molecular complexity index is 566. The number of hydrogen-bond donors (Lipinski definition) is 1. The van der Waals surface area contributed by atoms with Crippen molar-refractivity contribution >= 4 is 0 Å². The van der Waals surface area contributed by atoms with Crippen molar-refractivity contribution in [1.82, 2.24) is 14.9 Å². The summed E-state index contributed by atoms with van der Waals surface area (Å²) in [6.07, 6.45) is 5.21. The van der Waals surface area contributed by atoms with Gasteiger partial charge in [-0.2, -0.15) is 0 Å². The van der Waals surface area contributed by atoms with Gasteiger partial charge in [0.15, 0.2) is 0 Å². The molecule has 1 aromatic carbocycles. The summed E-state index contributed by atoms with van der Waals surface area (Å²) in [6.45, 7) is 7.12. The second kappa shape index (κ2) is 6.31. The summed E-state index contributed by atoms with van der Waals surface area (Å²) >= 11 is 0. The molecule has 1 aliphatic heterocycles. The van der Waals surface area contributed by atoms with Crippen LogP contribution in [0.15, 0.2) is 36.8 Å². The van der Waals surface area contributed by atoms with Gasteiger partial charge >= 0.3 is 0 Å². The van der Waals surface area contributed by atoms with Crippen LogP contribution >= 0.6 is 0 Å². The minimum Gasteiger partial charge on any atom is -0.488 e. The van der Waals surface area contributed by atoms with Crippen LogP contribution in [0.1, 0.15) is 25.1 Å². The number of aromatic nitrogens is 2. The Labute approximate surface area is 126 Å². The molecule has 0 saturated carbocycles. The number of hydrogen-bond acceptors (Lipinski definition) is 3. The SMILES string of the molecule is CC(C)CNCc1cn(CC2Cc3ccccc3O2)cn1. The predicted molar refractivity (Wildman–Crippen MR) is 83.3 cm³/mol. The van der Waals surface area contributed by atoms with Gasteiger partial charge < -0.3 is 14.6 Å². The number of imidazole rings is 1. The van der Waals surface area contributed by atoms with Crippen molar-refractivity contribution in [2.24, 2.45) is 5.92 Å². The fourth-order valence-corrected chi connectivity index (χ4v) is 2.68. The fraction of sp³-hybridized carbons (Fsp3) is 0.471. The average molecular weight is 285 g/mol. The van der Waals surface area contributed by atoms with E-state index in [1.165, 1.54) is 5.56 Å². The van der Waals surface area contributed by atoms with Gasteiger partial charge in [0.2, 0.25) is 0 Å². The third-order valence-electron chi connectivity index (χ3n) is 3.67. The molecule has 1 N–H and O–H groups in total. The van der Waals surface area contributed by atoms with Crippen molar-refractivity contribution < 1.29 is 4.74 Å². The molecule has 1 unspecified atom stereocenters. The highest BCUT2D eigenvalue weighted by Gasteiger charge is 2.22. The second-order valence-electron chi connectivity index (χ2n) is 6.14. The number of nitrogens with one attached hydrogen (secondary N) is 1. The molecule has 2 aromatic rings. The van der Waals surface area contributed by atoms with Crippen LogP contribution < -0.4 is 10.1 Å². The molecule has 2 heterocycles. The molecule has 1 atom stereocenters. The Morgan fingerprint density at radius 1 is 1.38 bits per heavy atom. The zero-order chi connectivity index (χ0) is 14.7. The molecule has 0 aliphatic carbocycles. The van der Waals surface area contributed by atoms with E-state index in [0.717, 1.165) is 37.5 Å². The molecule has 0 radical (unpaired) electrons. The van der Waals surface area contributed by atoms with Crippen molar-refractivity contribution in [1.29, 1.82) is 0 Å². The van der Waals surface area contributed by atoms with E-state index in [4.69, 9.17) is 4.74 Å². The van der Waals surface area contributed by atoms with E-state index in [1.807, 2.05) is 18.5 Å². The molecule has 4 heteroatoms. The Kier molecular flexibility index (Phi) is 4.25. The average Bonchev–Trinajstić information content (AvgIpc) is 3.04. The standard InChI is InChI=1S/C17H23N3O/c1-13(2)8-18-9-15-10-20(12-19-15)11-16-7-14-5-3-4-6-17(14)21-16/h3-6,10,12-13,16,18H,7-9,11H2,1-2H3. The molecule has 0 bridgehead atoms. The highest BCUT2D eigenvalue weighted by atomic mass is 16.5. The third kappa shape index (κ3) is 3.64. The highest BCUT2D eigenvalue weighted by molar-refractivity contribution is 5.37. The Morgan fingerprint density at radius 3 is 3.05 bits per heavy atom. The summed E-state index contributed by atoms with van der Waals surface area (Å²) in [6, 6.07) is 8.28. The van der Waals surface area contributed by atoms with Gasteiger partial charge in [-0.1, -0.05) is 32.0 Å². The maximum atomic E-state index is 5.97. The van der Waals surface area contributed by atoms with Crippen molar-refractivity contribution in [3.63, 3.8) is 0 Å². The lowest BCUT2D eigenvalue weighted by Crippen LogP contribution is -2.20. The zero-order valence-electron chi connectivity index (χ0n) is 12.7. The molecule has 112 valence electrons. The smallest absolute Gasteiger partial charge is 0.123 e. The molecule has 0 fully saturated rings. The van der Waals surface area contributed by atoms with Crippen LogP contribution in [0.25, 0.3) is 0 Å². The van der Waals surface area contributed by atoms with Crippen LogP contribution in [0.3, 0.4) is 0 Å². The van der Waals surface area contributed by atoms with Crippen LogP contribution in [-0.2, 0) is 19.5 Å². The summed E-state index contributed by atoms with van der Waals surface area (Å²) in [5, 5.41) is 3.42. The third-order valence-corrected chi connectivity index (χ3v) is 3.67. The van der Waals surface area contributed by atoms with Crippen LogP contribution in [0.2, 0.25) is 0 Å². The minimum atomic E-state index is 0.216. The van der Waals surface area contributed by atoms with E-state index in [2.05, 4.69) is 47.0 Å². The molecule has 1 aliphatic rings. The number of rotatable bonds is 6. The first-order chi connectivity index (χ1) is 10.2. The number of nitrogens with zero attached hydrogens (tertiary/aromatic N) is 2. The number of fused-ring (bicyclic) bond motifs is 1. The van der Waals surface area contributed by atoms with Gasteiger partial charge in [0, 0.05) is 19.2 Å². The highest BCUT2D eigenvalue weighted by Crippen LogP contribution is 2.28. The van der Waals surface area contributed by atoms with E-state index in [9.17, 15) is 0 Å². The van der Waals surface area contributed by atoms with Gasteiger partial charge in [0.1, 0.15) is 11.9 Å². The summed E-state index contributed by atoms with van der Waals surface area (Å²) in [4.78, 5) is 4.45. The lowest BCUT2D eigenvalue weighted by Gasteiger charge is -2.10. The fourth-order valence-electron chi connectivity index (χ4n) is 2.68. The van der Waals surface area contributed by atoms with Crippen molar-refractivity contribution in [2.75, 3.05) is 6.54 Å². The quantitative estimate of drug-likeness (QED) is 0.887. The molecule has 0 spiro atoms. The van der Waals surface area contributed by atoms with Gasteiger partial charge in [0.05, 0.1) is 18.6 Å². The number of ether oxygens (including phenoxy) is 1. The van der Waals surface area contributed by atoms with Gasteiger partial charge in [-0.25, -0.2) is 4.98 Å². The van der Waals surface area contributed by atoms with Crippen LogP contribution in [0, 0.1) is 5.92 Å². The Hall–Kier alpha value is -1.81. The van der Waals surface area contributed by atoms with Gasteiger partial charge in [0.25, 0.3) is 0 Å². The first-order valence-corrected chi connectivity index (χ1v) is 7.66. The number of benzene rings is 1. The van der Waals surface area contributed by atoms with E-state index in [1.54, 1.807) is 0 Å². The maximum Gasteiger partial charge on any atom is 0.123 e. The summed E-state index contributed by atoms with van der Waals surface area (Å²) < 4.78 is 8.10. The molecular weight excluding hydrogens is 262 g/mol. The molecule has 0 amide bonds. The van der Waals surface area contributed by atoms with Crippen LogP contribution in [0.4, 0.5) is 0 Å². The lowest BCUT2D eigenvalue weighted by molar-refractivity contribution is 0.209. The van der Waals surface area contributed by atoms with Crippen LogP contribution in [-0.4, -0.2) is 22.2 Å². The number of para-hydroxylation sites is 1. The van der Waals surface area contributed by atoms with E-state index in [-0.39, 0.29) is 6.10 Å². The van der Waals surface area contributed by atoms with Gasteiger partial charge in [-0.3, -0.25) is 0 Å². The molecule has 21 heavy (non-hydrogen) atoms. The van der Waals surface area contributed by atoms with E-state index >= 15 is 0 Å². The van der Waals surface area contributed by atoms with E-state index in [0.29, 0.717) is 5.92 Å². The molecule has 3 rings (SSSR count).